The van der Waals surface area contributed by atoms with Gasteiger partial charge in [-0.05, 0) is 49.3 Å². The van der Waals surface area contributed by atoms with Crippen molar-refractivity contribution in [1.82, 2.24) is 20.0 Å². The Morgan fingerprint density at radius 2 is 2.04 bits per heavy atom. The molecule has 0 aliphatic heterocycles. The Hall–Kier alpha value is -1.77. The lowest BCUT2D eigenvalue weighted by Crippen LogP contribution is -2.36. The van der Waals surface area contributed by atoms with E-state index in [4.69, 9.17) is 12.2 Å². The van der Waals surface area contributed by atoms with E-state index < -0.39 is 0 Å². The Kier molecular flexibility index (Phi) is 7.74. The van der Waals surface area contributed by atoms with Crippen molar-refractivity contribution in [1.29, 1.82) is 0 Å². The van der Waals surface area contributed by atoms with Gasteiger partial charge in [0.2, 0.25) is 11.0 Å². The maximum absolute atomic E-state index is 11.8. The molecule has 0 unspecified atom stereocenters. The fourth-order valence-corrected chi connectivity index (χ4v) is 3.38. The van der Waals surface area contributed by atoms with Gasteiger partial charge in [0, 0.05) is 12.2 Å². The van der Waals surface area contributed by atoms with Crippen LogP contribution in [0.15, 0.2) is 24.3 Å². The van der Waals surface area contributed by atoms with E-state index in [0.29, 0.717) is 29.6 Å². The Labute approximate surface area is 164 Å². The van der Waals surface area contributed by atoms with Crippen molar-refractivity contribution in [2.75, 3.05) is 25.5 Å². The SMILES string of the molecule is CCCNC(=O)CN(C)Cn1nc(Nc2ccc(C(C)C)cc2)sc1=S. The van der Waals surface area contributed by atoms with Crippen molar-refractivity contribution >= 4 is 40.3 Å². The third kappa shape index (κ3) is 6.19. The monoisotopic (exact) mass is 393 g/mol. The molecule has 2 N–H and O–H groups in total. The minimum atomic E-state index is 0.0136. The number of benzene rings is 1. The fourth-order valence-electron chi connectivity index (χ4n) is 2.37. The molecule has 0 atom stereocenters. The van der Waals surface area contributed by atoms with Crippen LogP contribution in [0.1, 0.15) is 38.7 Å². The number of carbonyl (C=O) groups excluding carboxylic acids is 1. The number of nitrogens with one attached hydrogen (secondary N) is 2. The number of aromatic nitrogens is 2. The van der Waals surface area contributed by atoms with E-state index >= 15 is 0 Å². The van der Waals surface area contributed by atoms with Crippen LogP contribution in [0.25, 0.3) is 0 Å². The molecule has 0 saturated carbocycles. The van der Waals surface area contributed by atoms with E-state index in [2.05, 4.69) is 41.7 Å². The van der Waals surface area contributed by atoms with E-state index in [1.807, 2.05) is 31.0 Å². The third-order valence-electron chi connectivity index (χ3n) is 3.80. The van der Waals surface area contributed by atoms with Crippen LogP contribution in [0.3, 0.4) is 0 Å². The van der Waals surface area contributed by atoms with Crippen LogP contribution in [0.4, 0.5) is 10.8 Å². The lowest BCUT2D eigenvalue weighted by atomic mass is 10.0. The van der Waals surface area contributed by atoms with E-state index in [1.54, 1.807) is 4.68 Å². The van der Waals surface area contributed by atoms with Crippen LogP contribution in [0, 0.1) is 3.95 Å². The van der Waals surface area contributed by atoms with Crippen LogP contribution in [-0.4, -0.2) is 40.7 Å². The normalized spacial score (nSPS) is 11.2. The zero-order valence-electron chi connectivity index (χ0n) is 15.8. The second-order valence-electron chi connectivity index (χ2n) is 6.58. The predicted octanol–water partition coefficient (Wildman–Crippen LogP) is 3.96. The quantitative estimate of drug-likeness (QED) is 0.632. The largest absolute Gasteiger partial charge is 0.355 e. The van der Waals surface area contributed by atoms with Crippen molar-refractivity contribution in [3.8, 4) is 0 Å². The molecule has 6 nitrogen and oxygen atoms in total. The van der Waals surface area contributed by atoms with Crippen molar-refractivity contribution in [2.45, 2.75) is 39.8 Å². The number of hydrogen-bond donors (Lipinski definition) is 2. The van der Waals surface area contributed by atoms with Crippen LogP contribution >= 0.6 is 23.6 Å². The Morgan fingerprint density at radius 3 is 2.65 bits per heavy atom. The molecule has 142 valence electrons. The number of anilines is 2. The summed E-state index contributed by atoms with van der Waals surface area (Å²) in [5.74, 6) is 0.523. The van der Waals surface area contributed by atoms with Gasteiger partial charge in [0.25, 0.3) is 0 Å². The minimum Gasteiger partial charge on any atom is -0.355 e. The first-order valence-corrected chi connectivity index (χ1v) is 10.0. The molecule has 1 aromatic heterocycles. The summed E-state index contributed by atoms with van der Waals surface area (Å²) in [6.07, 6.45) is 0.930. The maximum Gasteiger partial charge on any atom is 0.234 e. The first kappa shape index (κ1) is 20.5. The summed E-state index contributed by atoms with van der Waals surface area (Å²) in [5.41, 5.74) is 2.29. The van der Waals surface area contributed by atoms with E-state index in [-0.39, 0.29) is 5.91 Å². The van der Waals surface area contributed by atoms with Gasteiger partial charge in [0.1, 0.15) is 0 Å². The molecule has 1 amide bonds. The number of carbonyl (C=O) groups is 1. The standard InChI is InChI=1S/C18H27N5OS2/c1-5-10-19-16(24)11-22(4)12-23-18(25)26-17(21-23)20-15-8-6-14(7-9-15)13(2)3/h6-9,13H,5,10-12H2,1-4H3,(H,19,24)(H,20,21). The van der Waals surface area contributed by atoms with Gasteiger partial charge in [-0.15, -0.1) is 5.10 Å². The van der Waals surface area contributed by atoms with Crippen molar-refractivity contribution in [3.05, 3.63) is 33.8 Å². The molecule has 8 heteroatoms. The summed E-state index contributed by atoms with van der Waals surface area (Å²) in [6.45, 7) is 7.88. The molecule has 0 aliphatic rings. The van der Waals surface area contributed by atoms with Crippen molar-refractivity contribution < 1.29 is 4.79 Å². The van der Waals surface area contributed by atoms with Gasteiger partial charge >= 0.3 is 0 Å². The molecule has 2 rings (SSSR count). The second-order valence-corrected chi connectivity index (χ2v) is 8.20. The second kappa shape index (κ2) is 9.80. The summed E-state index contributed by atoms with van der Waals surface area (Å²) in [5, 5.41) is 11.4. The first-order valence-electron chi connectivity index (χ1n) is 8.79. The summed E-state index contributed by atoms with van der Waals surface area (Å²) < 4.78 is 2.41. The Bertz CT molecular complexity index is 767. The Morgan fingerprint density at radius 1 is 1.35 bits per heavy atom. The van der Waals surface area contributed by atoms with E-state index in [0.717, 1.165) is 17.2 Å². The molecule has 0 bridgehead atoms. The topological polar surface area (TPSA) is 62.2 Å². The molecule has 0 radical (unpaired) electrons. The van der Waals surface area contributed by atoms with Crippen LogP contribution in [-0.2, 0) is 11.5 Å². The molecule has 0 spiro atoms. The van der Waals surface area contributed by atoms with Crippen molar-refractivity contribution in [2.24, 2.45) is 0 Å². The number of amides is 1. The number of likely N-dealkylation sites (N-methyl/N-ethyl adjacent to an activating group) is 1. The Balaban J connectivity index is 1.95. The van der Waals surface area contributed by atoms with E-state index in [9.17, 15) is 4.79 Å². The molecule has 0 saturated heterocycles. The van der Waals surface area contributed by atoms with Gasteiger partial charge < -0.3 is 10.6 Å². The smallest absolute Gasteiger partial charge is 0.234 e. The highest BCUT2D eigenvalue weighted by Gasteiger charge is 2.10. The molecule has 26 heavy (non-hydrogen) atoms. The molecule has 0 aliphatic carbocycles. The van der Waals surface area contributed by atoms with Gasteiger partial charge in [-0.1, -0.05) is 44.2 Å². The highest BCUT2D eigenvalue weighted by molar-refractivity contribution is 7.73. The van der Waals surface area contributed by atoms with Crippen LogP contribution < -0.4 is 10.6 Å². The molecular formula is C18H27N5OS2. The zero-order chi connectivity index (χ0) is 19.1. The first-order chi connectivity index (χ1) is 12.4. The minimum absolute atomic E-state index is 0.0136. The lowest BCUT2D eigenvalue weighted by molar-refractivity contribution is -0.122. The molecule has 1 heterocycles. The van der Waals surface area contributed by atoms with Gasteiger partial charge in [-0.25, -0.2) is 4.68 Å². The highest BCUT2D eigenvalue weighted by atomic mass is 32.1. The van der Waals surface area contributed by atoms with E-state index in [1.165, 1.54) is 16.9 Å². The third-order valence-corrected chi connectivity index (χ3v) is 5.02. The van der Waals surface area contributed by atoms with Gasteiger partial charge in [-0.3, -0.25) is 9.69 Å². The molecule has 0 fully saturated rings. The van der Waals surface area contributed by atoms with Crippen molar-refractivity contribution in [3.63, 3.8) is 0 Å². The molecule has 1 aromatic carbocycles. The van der Waals surface area contributed by atoms with Crippen LogP contribution in [0.2, 0.25) is 0 Å². The fraction of sp³-hybridized carbons (Fsp3) is 0.500. The predicted molar refractivity (Wildman–Crippen MR) is 111 cm³/mol. The molecular weight excluding hydrogens is 366 g/mol. The van der Waals surface area contributed by atoms with Crippen LogP contribution in [0.5, 0.6) is 0 Å². The summed E-state index contributed by atoms with van der Waals surface area (Å²) in [7, 11) is 1.88. The maximum atomic E-state index is 11.8. The average molecular weight is 394 g/mol. The molecule has 2 aromatic rings. The lowest BCUT2D eigenvalue weighted by Gasteiger charge is -2.15. The summed E-state index contributed by atoms with van der Waals surface area (Å²) in [4.78, 5) is 13.7. The van der Waals surface area contributed by atoms with Gasteiger partial charge in [0.05, 0.1) is 13.2 Å². The summed E-state index contributed by atoms with van der Waals surface area (Å²) >= 11 is 6.82. The average Bonchev–Trinajstić information content (AvgIpc) is 2.92. The number of hydrogen-bond acceptors (Lipinski definition) is 6. The highest BCUT2D eigenvalue weighted by Crippen LogP contribution is 2.22. The number of nitrogens with zero attached hydrogens (tertiary/aromatic N) is 3. The number of rotatable bonds is 9. The zero-order valence-corrected chi connectivity index (χ0v) is 17.4. The van der Waals surface area contributed by atoms with Gasteiger partial charge in [0.15, 0.2) is 3.95 Å². The summed E-state index contributed by atoms with van der Waals surface area (Å²) in [6, 6.07) is 8.33. The van der Waals surface area contributed by atoms with Gasteiger partial charge in [-0.2, -0.15) is 0 Å².